The van der Waals surface area contributed by atoms with Gasteiger partial charge in [-0.25, -0.2) is 0 Å². The summed E-state index contributed by atoms with van der Waals surface area (Å²) in [5.74, 6) is 1.84. The molecule has 0 aliphatic heterocycles. The average Bonchev–Trinajstić information content (AvgIpc) is 3.15. The normalized spacial score (nSPS) is 10.9. The summed E-state index contributed by atoms with van der Waals surface area (Å²) in [6.45, 7) is 4.28. The van der Waals surface area contributed by atoms with E-state index in [0.29, 0.717) is 0 Å². The summed E-state index contributed by atoms with van der Waals surface area (Å²) in [4.78, 5) is 0. The smallest absolute Gasteiger partial charge is 0.196 e. The largest absolute Gasteiger partial charge is 0.270 e. The maximum Gasteiger partial charge on any atom is 0.196 e. The van der Waals surface area contributed by atoms with Crippen molar-refractivity contribution in [1.29, 1.82) is 0 Å². The maximum absolute atomic E-state index is 4.53. The fraction of sp³-hybridized carbons (Fsp3) is 0.167. The molecule has 0 radical (unpaired) electrons. The average molecular weight is 386 g/mol. The molecule has 0 aliphatic carbocycles. The highest BCUT2D eigenvalue weighted by Gasteiger charge is 2.16. The predicted molar refractivity (Wildman–Crippen MR) is 117 cm³/mol. The Balaban J connectivity index is 1.68. The molecule has 0 saturated heterocycles. The standard InChI is InChI=1S/C24H23N3S/c1-18-13-14-22(17-19(18)2)27-23(21-11-7-4-8-12-21)25-26-24(27)28-16-15-20-9-5-3-6-10-20/h3-14,17H,15-16H2,1-2H3. The van der Waals surface area contributed by atoms with Gasteiger partial charge in [-0.1, -0.05) is 78.5 Å². The molecule has 4 rings (SSSR count). The fourth-order valence-electron chi connectivity index (χ4n) is 3.14. The minimum absolute atomic E-state index is 0.881. The zero-order valence-electron chi connectivity index (χ0n) is 16.2. The van der Waals surface area contributed by atoms with E-state index in [2.05, 4.69) is 89.3 Å². The van der Waals surface area contributed by atoms with Crippen molar-refractivity contribution >= 4 is 11.8 Å². The van der Waals surface area contributed by atoms with Crippen molar-refractivity contribution in [2.75, 3.05) is 5.75 Å². The molecular weight excluding hydrogens is 362 g/mol. The summed E-state index contributed by atoms with van der Waals surface area (Å²) in [6, 6.07) is 27.4. The first kappa shape index (κ1) is 18.5. The highest BCUT2D eigenvalue weighted by molar-refractivity contribution is 7.99. The second kappa shape index (κ2) is 8.44. The number of nitrogens with zero attached hydrogens (tertiary/aromatic N) is 3. The number of thioether (sulfide) groups is 1. The third-order valence-corrected chi connectivity index (χ3v) is 5.81. The summed E-state index contributed by atoms with van der Waals surface area (Å²) in [7, 11) is 0. The molecule has 140 valence electrons. The van der Waals surface area contributed by atoms with Crippen LogP contribution < -0.4 is 0 Å². The Hall–Kier alpha value is -2.85. The van der Waals surface area contributed by atoms with E-state index in [1.54, 1.807) is 11.8 Å². The molecule has 0 unspecified atom stereocenters. The molecule has 3 nitrogen and oxygen atoms in total. The molecule has 4 heteroatoms. The molecule has 0 atom stereocenters. The van der Waals surface area contributed by atoms with E-state index < -0.39 is 0 Å². The Bertz CT molecular complexity index is 1060. The molecule has 1 aromatic heterocycles. The van der Waals surface area contributed by atoms with Crippen LogP contribution in [-0.4, -0.2) is 20.5 Å². The molecule has 0 fully saturated rings. The van der Waals surface area contributed by atoms with Crippen molar-refractivity contribution in [3.63, 3.8) is 0 Å². The van der Waals surface area contributed by atoms with E-state index in [0.717, 1.165) is 34.4 Å². The first-order valence-electron chi connectivity index (χ1n) is 9.47. The molecule has 0 spiro atoms. The first-order valence-corrected chi connectivity index (χ1v) is 10.5. The monoisotopic (exact) mass is 385 g/mol. The molecule has 3 aromatic carbocycles. The summed E-state index contributed by atoms with van der Waals surface area (Å²) in [6.07, 6.45) is 1.01. The van der Waals surface area contributed by atoms with E-state index in [9.17, 15) is 0 Å². The van der Waals surface area contributed by atoms with Crippen LogP contribution >= 0.6 is 11.8 Å². The summed E-state index contributed by atoms with van der Waals surface area (Å²) < 4.78 is 2.18. The zero-order valence-corrected chi connectivity index (χ0v) is 17.0. The van der Waals surface area contributed by atoms with Crippen LogP contribution in [0.2, 0.25) is 0 Å². The Kier molecular flexibility index (Phi) is 5.58. The van der Waals surface area contributed by atoms with Crippen LogP contribution in [0.4, 0.5) is 0 Å². The van der Waals surface area contributed by atoms with Crippen molar-refractivity contribution in [1.82, 2.24) is 14.8 Å². The zero-order chi connectivity index (χ0) is 19.3. The van der Waals surface area contributed by atoms with E-state index in [1.807, 2.05) is 18.2 Å². The number of hydrogen-bond acceptors (Lipinski definition) is 3. The molecule has 0 amide bonds. The van der Waals surface area contributed by atoms with Crippen LogP contribution in [0.25, 0.3) is 17.1 Å². The van der Waals surface area contributed by atoms with Crippen LogP contribution in [0.5, 0.6) is 0 Å². The van der Waals surface area contributed by atoms with Crippen molar-refractivity contribution in [2.45, 2.75) is 25.4 Å². The molecule has 1 heterocycles. The third kappa shape index (κ3) is 4.02. The summed E-state index contributed by atoms with van der Waals surface area (Å²) in [5.41, 5.74) is 6.08. The van der Waals surface area contributed by atoms with Gasteiger partial charge >= 0.3 is 0 Å². The Morgan fingerprint density at radius 3 is 2.21 bits per heavy atom. The SMILES string of the molecule is Cc1ccc(-n2c(SCCc3ccccc3)nnc2-c2ccccc2)cc1C. The Morgan fingerprint density at radius 2 is 1.50 bits per heavy atom. The van der Waals surface area contributed by atoms with Crippen LogP contribution in [0.3, 0.4) is 0 Å². The number of hydrogen-bond donors (Lipinski definition) is 0. The number of aromatic nitrogens is 3. The van der Waals surface area contributed by atoms with E-state index in [-0.39, 0.29) is 0 Å². The van der Waals surface area contributed by atoms with Crippen molar-refractivity contribution in [3.8, 4) is 17.1 Å². The van der Waals surface area contributed by atoms with Gasteiger partial charge < -0.3 is 0 Å². The molecule has 0 aliphatic rings. The van der Waals surface area contributed by atoms with E-state index in [4.69, 9.17) is 0 Å². The lowest BCUT2D eigenvalue weighted by Gasteiger charge is -2.12. The van der Waals surface area contributed by atoms with Crippen LogP contribution in [0.15, 0.2) is 84.0 Å². The highest BCUT2D eigenvalue weighted by Crippen LogP contribution is 2.29. The number of benzene rings is 3. The van der Waals surface area contributed by atoms with E-state index in [1.165, 1.54) is 16.7 Å². The van der Waals surface area contributed by atoms with Gasteiger partial charge in [0.2, 0.25) is 0 Å². The lowest BCUT2D eigenvalue weighted by atomic mass is 10.1. The van der Waals surface area contributed by atoms with Crippen LogP contribution in [0.1, 0.15) is 16.7 Å². The number of aryl methyl sites for hydroxylation is 3. The molecule has 0 saturated carbocycles. The van der Waals surface area contributed by atoms with E-state index >= 15 is 0 Å². The highest BCUT2D eigenvalue weighted by atomic mass is 32.2. The van der Waals surface area contributed by atoms with Crippen LogP contribution in [-0.2, 0) is 6.42 Å². The van der Waals surface area contributed by atoms with Gasteiger partial charge in [0.15, 0.2) is 11.0 Å². The first-order chi connectivity index (χ1) is 13.7. The van der Waals surface area contributed by atoms with Gasteiger partial charge in [-0.15, -0.1) is 10.2 Å². The van der Waals surface area contributed by atoms with Gasteiger partial charge in [0.1, 0.15) is 0 Å². The second-order valence-corrected chi connectivity index (χ2v) is 7.92. The predicted octanol–water partition coefficient (Wildman–Crippen LogP) is 5.89. The minimum Gasteiger partial charge on any atom is -0.270 e. The molecule has 4 aromatic rings. The van der Waals surface area contributed by atoms with Gasteiger partial charge in [-0.2, -0.15) is 0 Å². The lowest BCUT2D eigenvalue weighted by molar-refractivity contribution is 0.883. The quantitative estimate of drug-likeness (QED) is 0.388. The molecule has 0 N–H and O–H groups in total. The molecule has 28 heavy (non-hydrogen) atoms. The Morgan fingerprint density at radius 1 is 0.786 bits per heavy atom. The fourth-order valence-corrected chi connectivity index (χ4v) is 4.08. The lowest BCUT2D eigenvalue weighted by Crippen LogP contribution is -2.01. The van der Waals surface area contributed by atoms with Crippen molar-refractivity contribution in [2.24, 2.45) is 0 Å². The maximum atomic E-state index is 4.53. The van der Waals surface area contributed by atoms with Gasteiger partial charge in [-0.05, 0) is 49.1 Å². The van der Waals surface area contributed by atoms with Crippen LogP contribution in [0, 0.1) is 13.8 Å². The third-order valence-electron chi connectivity index (χ3n) is 4.88. The summed E-state index contributed by atoms with van der Waals surface area (Å²) in [5, 5.41) is 9.99. The van der Waals surface area contributed by atoms with Gasteiger partial charge in [0, 0.05) is 11.3 Å². The van der Waals surface area contributed by atoms with Gasteiger partial charge in [0.25, 0.3) is 0 Å². The minimum atomic E-state index is 0.881. The van der Waals surface area contributed by atoms with Crippen molar-refractivity contribution in [3.05, 3.63) is 95.6 Å². The van der Waals surface area contributed by atoms with Gasteiger partial charge in [0.05, 0.1) is 5.69 Å². The topological polar surface area (TPSA) is 30.7 Å². The second-order valence-electron chi connectivity index (χ2n) is 6.86. The molecule has 0 bridgehead atoms. The number of rotatable bonds is 6. The Labute approximate surface area is 170 Å². The van der Waals surface area contributed by atoms with Gasteiger partial charge in [-0.3, -0.25) is 4.57 Å². The summed E-state index contributed by atoms with van der Waals surface area (Å²) >= 11 is 1.75. The van der Waals surface area contributed by atoms with Crippen molar-refractivity contribution < 1.29 is 0 Å². The molecular formula is C24H23N3S.